The maximum absolute atomic E-state index is 13.6. The second-order valence-electron chi connectivity index (χ2n) is 4.39. The predicted molar refractivity (Wildman–Crippen MR) is 72.1 cm³/mol. The molecule has 2 heterocycles. The molecule has 0 aliphatic heterocycles. The lowest BCUT2D eigenvalue weighted by Gasteiger charge is -2.05. The molecule has 3 aromatic rings. The zero-order valence-electron chi connectivity index (χ0n) is 10.7. The van der Waals surface area contributed by atoms with Crippen molar-refractivity contribution >= 4 is 17.2 Å². The first-order chi connectivity index (χ1) is 9.63. The fourth-order valence-electron chi connectivity index (χ4n) is 1.86. The van der Waals surface area contributed by atoms with E-state index in [1.54, 1.807) is 36.7 Å². The number of nitrogens with one attached hydrogen (secondary N) is 1. The molecule has 1 amide bonds. The molecule has 0 spiro atoms. The SMILES string of the molecule is Cc1ccc(F)c(NC(=O)c2cc3ncccn3n2)c1. The van der Waals surface area contributed by atoms with Crippen LogP contribution in [0.5, 0.6) is 0 Å². The minimum atomic E-state index is -0.481. The van der Waals surface area contributed by atoms with E-state index in [1.807, 2.05) is 6.92 Å². The summed E-state index contributed by atoms with van der Waals surface area (Å²) >= 11 is 0. The predicted octanol–water partition coefficient (Wildman–Crippen LogP) is 2.43. The van der Waals surface area contributed by atoms with Crippen molar-refractivity contribution in [2.24, 2.45) is 0 Å². The zero-order valence-corrected chi connectivity index (χ0v) is 10.7. The average Bonchev–Trinajstić information content (AvgIpc) is 2.87. The Bertz CT molecular complexity index is 764. The van der Waals surface area contributed by atoms with E-state index >= 15 is 0 Å². The number of anilines is 1. The van der Waals surface area contributed by atoms with Gasteiger partial charge in [-0.25, -0.2) is 13.9 Å². The summed E-state index contributed by atoms with van der Waals surface area (Å²) in [5.74, 6) is -0.953. The minimum Gasteiger partial charge on any atom is -0.318 e. The van der Waals surface area contributed by atoms with Crippen LogP contribution < -0.4 is 5.32 Å². The number of amides is 1. The lowest BCUT2D eigenvalue weighted by atomic mass is 10.2. The zero-order chi connectivity index (χ0) is 14.1. The smallest absolute Gasteiger partial charge is 0.276 e. The van der Waals surface area contributed by atoms with Crippen LogP contribution in [0.4, 0.5) is 10.1 Å². The first-order valence-corrected chi connectivity index (χ1v) is 6.01. The van der Waals surface area contributed by atoms with Gasteiger partial charge in [0.1, 0.15) is 5.82 Å². The topological polar surface area (TPSA) is 59.3 Å². The minimum absolute atomic E-state index is 0.139. The van der Waals surface area contributed by atoms with Crippen molar-refractivity contribution in [1.82, 2.24) is 14.6 Å². The van der Waals surface area contributed by atoms with Gasteiger partial charge in [0.15, 0.2) is 11.3 Å². The monoisotopic (exact) mass is 270 g/mol. The van der Waals surface area contributed by atoms with Crippen LogP contribution >= 0.6 is 0 Å². The van der Waals surface area contributed by atoms with Gasteiger partial charge in [-0.3, -0.25) is 4.79 Å². The van der Waals surface area contributed by atoms with Crippen molar-refractivity contribution in [3.05, 3.63) is 59.8 Å². The van der Waals surface area contributed by atoms with Gasteiger partial charge < -0.3 is 5.32 Å². The molecule has 0 radical (unpaired) electrons. The lowest BCUT2D eigenvalue weighted by molar-refractivity contribution is 0.102. The summed E-state index contributed by atoms with van der Waals surface area (Å²) in [6, 6.07) is 7.78. The molecule has 1 aromatic carbocycles. The highest BCUT2D eigenvalue weighted by Crippen LogP contribution is 2.16. The van der Waals surface area contributed by atoms with Crippen LogP contribution in [-0.4, -0.2) is 20.5 Å². The third-order valence-electron chi connectivity index (χ3n) is 2.84. The third kappa shape index (κ3) is 2.23. The maximum Gasteiger partial charge on any atom is 0.276 e. The standard InChI is InChI=1S/C14H11FN4O/c1-9-3-4-10(15)11(7-9)17-14(20)12-8-13-16-5-2-6-19(13)18-12/h2-8H,1H3,(H,17,20). The van der Waals surface area contributed by atoms with Gasteiger partial charge in [0, 0.05) is 18.5 Å². The van der Waals surface area contributed by atoms with Crippen molar-refractivity contribution in [3.8, 4) is 0 Å². The molecule has 0 fully saturated rings. The number of carbonyl (C=O) groups is 1. The molecular formula is C14H11FN4O. The number of aryl methyl sites for hydroxylation is 1. The first kappa shape index (κ1) is 12.3. The maximum atomic E-state index is 13.6. The summed E-state index contributed by atoms with van der Waals surface area (Å²) in [4.78, 5) is 16.1. The largest absolute Gasteiger partial charge is 0.318 e. The van der Waals surface area contributed by atoms with Crippen molar-refractivity contribution in [2.75, 3.05) is 5.32 Å². The first-order valence-electron chi connectivity index (χ1n) is 6.01. The quantitative estimate of drug-likeness (QED) is 0.778. The molecule has 0 aliphatic carbocycles. The molecule has 3 rings (SSSR count). The van der Waals surface area contributed by atoms with Gasteiger partial charge in [-0.15, -0.1) is 0 Å². The van der Waals surface area contributed by atoms with Gasteiger partial charge in [-0.05, 0) is 30.7 Å². The average molecular weight is 270 g/mol. The highest BCUT2D eigenvalue weighted by Gasteiger charge is 2.13. The number of hydrogen-bond acceptors (Lipinski definition) is 3. The second-order valence-corrected chi connectivity index (χ2v) is 4.39. The van der Waals surface area contributed by atoms with Gasteiger partial charge in [-0.1, -0.05) is 6.07 Å². The summed E-state index contributed by atoms with van der Waals surface area (Å²) in [7, 11) is 0. The number of nitrogens with zero attached hydrogens (tertiary/aromatic N) is 3. The van der Waals surface area contributed by atoms with E-state index < -0.39 is 11.7 Å². The Balaban J connectivity index is 1.90. The normalized spacial score (nSPS) is 10.7. The highest BCUT2D eigenvalue weighted by molar-refractivity contribution is 6.03. The van der Waals surface area contributed by atoms with Crippen molar-refractivity contribution in [2.45, 2.75) is 6.92 Å². The molecule has 5 nitrogen and oxygen atoms in total. The molecule has 0 atom stereocenters. The van der Waals surface area contributed by atoms with E-state index in [0.29, 0.717) is 5.65 Å². The molecule has 0 saturated heterocycles. The lowest BCUT2D eigenvalue weighted by Crippen LogP contribution is -2.13. The van der Waals surface area contributed by atoms with Crippen LogP contribution in [0.15, 0.2) is 42.7 Å². The van der Waals surface area contributed by atoms with E-state index in [4.69, 9.17) is 0 Å². The van der Waals surface area contributed by atoms with Crippen LogP contribution in [0.25, 0.3) is 5.65 Å². The number of benzene rings is 1. The molecule has 1 N–H and O–H groups in total. The molecule has 100 valence electrons. The van der Waals surface area contributed by atoms with E-state index in [1.165, 1.54) is 10.6 Å². The molecule has 0 bridgehead atoms. The number of aromatic nitrogens is 3. The molecule has 6 heteroatoms. The van der Waals surface area contributed by atoms with Gasteiger partial charge in [0.25, 0.3) is 5.91 Å². The summed E-state index contributed by atoms with van der Waals surface area (Å²) in [6.07, 6.45) is 3.30. The Labute approximate surface area is 114 Å². The van der Waals surface area contributed by atoms with E-state index in [2.05, 4.69) is 15.4 Å². The molecule has 20 heavy (non-hydrogen) atoms. The van der Waals surface area contributed by atoms with Gasteiger partial charge in [0.2, 0.25) is 0 Å². The van der Waals surface area contributed by atoms with Gasteiger partial charge >= 0.3 is 0 Å². The van der Waals surface area contributed by atoms with Crippen molar-refractivity contribution < 1.29 is 9.18 Å². The summed E-state index contributed by atoms with van der Waals surface area (Å²) in [5, 5.41) is 6.59. The third-order valence-corrected chi connectivity index (χ3v) is 2.84. The fraction of sp³-hybridized carbons (Fsp3) is 0.0714. The van der Waals surface area contributed by atoms with E-state index in [9.17, 15) is 9.18 Å². The number of hydrogen-bond donors (Lipinski definition) is 1. The Morgan fingerprint density at radius 2 is 2.20 bits per heavy atom. The van der Waals surface area contributed by atoms with E-state index in [0.717, 1.165) is 5.56 Å². The Hall–Kier alpha value is -2.76. The Morgan fingerprint density at radius 1 is 1.35 bits per heavy atom. The highest BCUT2D eigenvalue weighted by atomic mass is 19.1. The number of halogens is 1. The summed E-state index contributed by atoms with van der Waals surface area (Å²) in [5.41, 5.74) is 1.74. The van der Waals surface area contributed by atoms with Crippen molar-refractivity contribution in [1.29, 1.82) is 0 Å². The number of rotatable bonds is 2. The molecule has 0 saturated carbocycles. The molecule has 2 aromatic heterocycles. The van der Waals surface area contributed by atoms with Gasteiger partial charge in [-0.2, -0.15) is 5.10 Å². The van der Waals surface area contributed by atoms with Crippen molar-refractivity contribution in [3.63, 3.8) is 0 Å². The number of fused-ring (bicyclic) bond motifs is 1. The van der Waals surface area contributed by atoms with Crippen LogP contribution in [-0.2, 0) is 0 Å². The molecule has 0 aliphatic rings. The van der Waals surface area contributed by atoms with E-state index in [-0.39, 0.29) is 11.4 Å². The number of carbonyl (C=O) groups excluding carboxylic acids is 1. The van der Waals surface area contributed by atoms with Crippen LogP contribution in [0.3, 0.4) is 0 Å². The fourth-order valence-corrected chi connectivity index (χ4v) is 1.86. The van der Waals surface area contributed by atoms with Crippen LogP contribution in [0.2, 0.25) is 0 Å². The molecular weight excluding hydrogens is 259 g/mol. The summed E-state index contributed by atoms with van der Waals surface area (Å²) in [6.45, 7) is 1.82. The summed E-state index contributed by atoms with van der Waals surface area (Å²) < 4.78 is 15.1. The Kier molecular flexibility index (Phi) is 2.90. The molecule has 0 unspecified atom stereocenters. The Morgan fingerprint density at radius 3 is 3.00 bits per heavy atom. The second kappa shape index (κ2) is 4.73. The van der Waals surface area contributed by atoms with Gasteiger partial charge in [0.05, 0.1) is 5.69 Å². The van der Waals surface area contributed by atoms with Crippen LogP contribution in [0, 0.1) is 12.7 Å². The van der Waals surface area contributed by atoms with Crippen LogP contribution in [0.1, 0.15) is 16.1 Å².